The second-order valence-corrected chi connectivity index (χ2v) is 6.02. The van der Waals surface area contributed by atoms with E-state index in [1.54, 1.807) is 18.3 Å². The van der Waals surface area contributed by atoms with Gasteiger partial charge in [-0.2, -0.15) is 0 Å². The molecule has 27 heavy (non-hydrogen) atoms. The number of para-hydroxylation sites is 1. The van der Waals surface area contributed by atoms with Gasteiger partial charge in [-0.3, -0.25) is 4.98 Å². The molecule has 4 heteroatoms. The quantitative estimate of drug-likeness (QED) is 0.551. The van der Waals surface area contributed by atoms with Gasteiger partial charge >= 0.3 is 5.97 Å². The van der Waals surface area contributed by atoms with Gasteiger partial charge in [-0.15, -0.1) is 0 Å². The molecule has 4 aromatic rings. The molecule has 0 aliphatic heterocycles. The first kappa shape index (κ1) is 16.7. The topological polar surface area (TPSA) is 63.1 Å². The molecule has 1 N–H and O–H groups in total. The van der Waals surface area contributed by atoms with Crippen LogP contribution in [0.3, 0.4) is 0 Å². The molecule has 0 aliphatic rings. The van der Waals surface area contributed by atoms with E-state index < -0.39 is 5.97 Å². The lowest BCUT2D eigenvalue weighted by atomic mass is 9.94. The molecule has 2 heterocycles. The van der Waals surface area contributed by atoms with Crippen molar-refractivity contribution in [3.63, 3.8) is 0 Å². The molecule has 130 valence electrons. The van der Waals surface area contributed by atoms with Crippen LogP contribution in [0.1, 0.15) is 21.7 Å². The number of benzene rings is 2. The Kier molecular flexibility index (Phi) is 4.45. The minimum absolute atomic E-state index is 0.187. The molecule has 0 atom stereocenters. The maximum atomic E-state index is 12.2. The van der Waals surface area contributed by atoms with E-state index >= 15 is 0 Å². The highest BCUT2D eigenvalue weighted by Crippen LogP contribution is 2.33. The number of aromatic carboxylic acids is 1. The van der Waals surface area contributed by atoms with Crippen LogP contribution in [-0.2, 0) is 0 Å². The third-order valence-electron chi connectivity index (χ3n) is 4.30. The highest BCUT2D eigenvalue weighted by molar-refractivity contribution is 6.09. The zero-order valence-corrected chi connectivity index (χ0v) is 14.4. The van der Waals surface area contributed by atoms with Gasteiger partial charge in [0.2, 0.25) is 0 Å². The average molecular weight is 352 g/mol. The Morgan fingerprint density at radius 3 is 2.33 bits per heavy atom. The van der Waals surface area contributed by atoms with Crippen molar-refractivity contribution in [2.24, 2.45) is 0 Å². The monoisotopic (exact) mass is 352 g/mol. The van der Waals surface area contributed by atoms with Crippen molar-refractivity contribution >= 4 is 29.0 Å². The van der Waals surface area contributed by atoms with Crippen molar-refractivity contribution in [2.45, 2.75) is 0 Å². The minimum atomic E-state index is -1.01. The van der Waals surface area contributed by atoms with Crippen LogP contribution in [0, 0.1) is 0 Å². The van der Waals surface area contributed by atoms with Gasteiger partial charge in [0.25, 0.3) is 0 Å². The van der Waals surface area contributed by atoms with E-state index in [-0.39, 0.29) is 5.56 Å². The van der Waals surface area contributed by atoms with Crippen molar-refractivity contribution in [3.05, 3.63) is 95.9 Å². The number of carboxylic acid groups (broad SMARTS) is 1. The Balaban J connectivity index is 2.00. The number of carboxylic acids is 1. The molecule has 0 saturated carbocycles. The van der Waals surface area contributed by atoms with E-state index in [9.17, 15) is 9.90 Å². The summed E-state index contributed by atoms with van der Waals surface area (Å²) in [5.74, 6) is -1.01. The summed E-state index contributed by atoms with van der Waals surface area (Å²) in [4.78, 5) is 21.0. The normalized spacial score (nSPS) is 11.1. The number of fused-ring (bicyclic) bond motifs is 1. The molecule has 0 spiro atoms. The second-order valence-electron chi connectivity index (χ2n) is 6.02. The summed E-state index contributed by atoms with van der Waals surface area (Å²) in [6.07, 6.45) is 5.18. The van der Waals surface area contributed by atoms with Gasteiger partial charge in [0, 0.05) is 17.1 Å². The summed E-state index contributed by atoms with van der Waals surface area (Å²) in [5, 5.41) is 10.8. The Hall–Kier alpha value is -3.79. The lowest BCUT2D eigenvalue weighted by Crippen LogP contribution is -2.06. The standard InChI is InChI=1S/C23H16N2O2/c26-23(27)22-20(14-13-17-10-6-7-15-24-17)25-19-12-5-4-11-18(19)21(22)16-8-2-1-3-9-16/h1-15H,(H,26,27)/b14-13-. The van der Waals surface area contributed by atoms with Gasteiger partial charge in [-0.05, 0) is 35.9 Å². The molecule has 0 saturated heterocycles. The molecular formula is C23H16N2O2. The van der Waals surface area contributed by atoms with Gasteiger partial charge < -0.3 is 5.11 Å². The van der Waals surface area contributed by atoms with Gasteiger partial charge in [0.15, 0.2) is 0 Å². The van der Waals surface area contributed by atoms with Gasteiger partial charge in [0.1, 0.15) is 0 Å². The van der Waals surface area contributed by atoms with Crippen molar-refractivity contribution in [2.75, 3.05) is 0 Å². The fourth-order valence-electron chi connectivity index (χ4n) is 3.11. The fraction of sp³-hybridized carbons (Fsp3) is 0. The molecule has 0 aliphatic carbocycles. The minimum Gasteiger partial charge on any atom is -0.478 e. The van der Waals surface area contributed by atoms with Crippen LogP contribution in [0.25, 0.3) is 34.2 Å². The molecule has 0 radical (unpaired) electrons. The maximum absolute atomic E-state index is 12.2. The Bertz CT molecular complexity index is 1140. The highest BCUT2D eigenvalue weighted by Gasteiger charge is 2.20. The SMILES string of the molecule is O=C(O)c1c(/C=C\c2ccccn2)nc2ccccc2c1-c1ccccc1. The molecule has 0 unspecified atom stereocenters. The summed E-state index contributed by atoms with van der Waals surface area (Å²) in [6.45, 7) is 0. The number of hydrogen-bond acceptors (Lipinski definition) is 3. The lowest BCUT2D eigenvalue weighted by molar-refractivity contribution is 0.0697. The smallest absolute Gasteiger partial charge is 0.338 e. The molecule has 0 bridgehead atoms. The zero-order valence-electron chi connectivity index (χ0n) is 14.4. The molecule has 0 fully saturated rings. The summed E-state index contributed by atoms with van der Waals surface area (Å²) >= 11 is 0. The Morgan fingerprint density at radius 1 is 0.852 bits per heavy atom. The number of hydrogen-bond donors (Lipinski definition) is 1. The number of carbonyl (C=O) groups is 1. The van der Waals surface area contributed by atoms with Crippen molar-refractivity contribution in [1.29, 1.82) is 0 Å². The summed E-state index contributed by atoms with van der Waals surface area (Å²) < 4.78 is 0. The molecule has 4 rings (SSSR count). The van der Waals surface area contributed by atoms with Crippen molar-refractivity contribution < 1.29 is 9.90 Å². The van der Waals surface area contributed by atoms with Crippen LogP contribution in [0.15, 0.2) is 79.0 Å². The van der Waals surface area contributed by atoms with Crippen molar-refractivity contribution in [1.82, 2.24) is 9.97 Å². The summed E-state index contributed by atoms with van der Waals surface area (Å²) in [6, 6.07) is 22.7. The van der Waals surface area contributed by atoms with Crippen molar-refractivity contribution in [3.8, 4) is 11.1 Å². The Morgan fingerprint density at radius 2 is 1.59 bits per heavy atom. The summed E-state index contributed by atoms with van der Waals surface area (Å²) in [7, 11) is 0. The predicted octanol–water partition coefficient (Wildman–Crippen LogP) is 5.17. The third kappa shape index (κ3) is 3.33. The number of aromatic nitrogens is 2. The van der Waals surface area contributed by atoms with Crippen LogP contribution in [0.2, 0.25) is 0 Å². The van der Waals surface area contributed by atoms with E-state index in [2.05, 4.69) is 9.97 Å². The third-order valence-corrected chi connectivity index (χ3v) is 4.30. The molecule has 2 aromatic carbocycles. The first-order chi connectivity index (χ1) is 13.2. The Labute approximate surface area is 156 Å². The zero-order chi connectivity index (χ0) is 18.6. The predicted molar refractivity (Wildman–Crippen MR) is 107 cm³/mol. The van der Waals surface area contributed by atoms with E-state index in [1.807, 2.05) is 72.8 Å². The van der Waals surface area contributed by atoms with Gasteiger partial charge in [0.05, 0.1) is 22.5 Å². The van der Waals surface area contributed by atoms with Crippen LogP contribution < -0.4 is 0 Å². The second kappa shape index (κ2) is 7.22. The number of nitrogens with zero attached hydrogens (tertiary/aromatic N) is 2. The number of rotatable bonds is 4. The highest BCUT2D eigenvalue weighted by atomic mass is 16.4. The van der Waals surface area contributed by atoms with E-state index in [0.29, 0.717) is 11.3 Å². The van der Waals surface area contributed by atoms with Crippen LogP contribution in [0.4, 0.5) is 0 Å². The molecule has 4 nitrogen and oxygen atoms in total. The maximum Gasteiger partial charge on any atom is 0.338 e. The average Bonchev–Trinajstić information content (AvgIpc) is 2.72. The first-order valence-corrected chi connectivity index (χ1v) is 8.54. The van der Waals surface area contributed by atoms with Gasteiger partial charge in [-0.25, -0.2) is 9.78 Å². The van der Waals surface area contributed by atoms with Crippen LogP contribution in [0.5, 0.6) is 0 Å². The van der Waals surface area contributed by atoms with E-state index in [4.69, 9.17) is 0 Å². The van der Waals surface area contributed by atoms with Crippen LogP contribution in [-0.4, -0.2) is 21.0 Å². The largest absolute Gasteiger partial charge is 0.478 e. The van der Waals surface area contributed by atoms with Crippen LogP contribution >= 0.6 is 0 Å². The first-order valence-electron chi connectivity index (χ1n) is 8.54. The molecule has 2 aromatic heterocycles. The van der Waals surface area contributed by atoms with E-state index in [0.717, 1.165) is 22.2 Å². The lowest BCUT2D eigenvalue weighted by Gasteiger charge is -2.13. The molecular weight excluding hydrogens is 336 g/mol. The summed E-state index contributed by atoms with van der Waals surface area (Å²) in [5.41, 5.74) is 3.61. The fourth-order valence-corrected chi connectivity index (χ4v) is 3.11. The number of pyridine rings is 2. The molecule has 0 amide bonds. The van der Waals surface area contributed by atoms with Gasteiger partial charge in [-0.1, -0.05) is 54.6 Å². The van der Waals surface area contributed by atoms with E-state index in [1.165, 1.54) is 0 Å².